The van der Waals surface area contributed by atoms with Crippen LogP contribution >= 0.6 is 11.3 Å². The summed E-state index contributed by atoms with van der Waals surface area (Å²) in [7, 11) is 0. The summed E-state index contributed by atoms with van der Waals surface area (Å²) in [6.07, 6.45) is 11.2. The van der Waals surface area contributed by atoms with Gasteiger partial charge in [0, 0.05) is 30.7 Å². The molecule has 136 valence electrons. The number of nitrogens with zero attached hydrogens (tertiary/aromatic N) is 3. The molecule has 4 rings (SSSR count). The maximum absolute atomic E-state index is 12.8. The molecule has 2 aromatic rings. The second kappa shape index (κ2) is 7.46. The van der Waals surface area contributed by atoms with Crippen LogP contribution in [0.4, 0.5) is 0 Å². The lowest BCUT2D eigenvalue weighted by Crippen LogP contribution is -2.49. The van der Waals surface area contributed by atoms with Crippen LogP contribution in [0.25, 0.3) is 4.96 Å². The van der Waals surface area contributed by atoms with Crippen molar-refractivity contribution in [2.24, 2.45) is 5.92 Å². The number of aryl methyl sites for hydroxylation is 1. The number of amides is 1. The summed E-state index contributed by atoms with van der Waals surface area (Å²) in [5.41, 5.74) is 1.51. The minimum absolute atomic E-state index is 0.0212. The molecule has 0 spiro atoms. The monoisotopic (exact) mass is 360 g/mol. The van der Waals surface area contributed by atoms with Gasteiger partial charge in [-0.05, 0) is 45.1 Å². The highest BCUT2D eigenvalue weighted by atomic mass is 32.1. The number of fused-ring (bicyclic) bond motifs is 1. The first-order valence-electron chi connectivity index (χ1n) is 9.66. The first kappa shape index (κ1) is 17.0. The number of hydrogen-bond donors (Lipinski definition) is 1. The number of nitrogens with one attached hydrogen (secondary N) is 1. The lowest BCUT2D eigenvalue weighted by atomic mass is 9.88. The number of rotatable bonds is 4. The van der Waals surface area contributed by atoms with Crippen molar-refractivity contribution >= 4 is 22.2 Å². The summed E-state index contributed by atoms with van der Waals surface area (Å²) in [5.74, 6) is 0.888. The zero-order chi connectivity index (χ0) is 17.2. The van der Waals surface area contributed by atoms with Crippen LogP contribution in [0.1, 0.15) is 61.1 Å². The molecule has 25 heavy (non-hydrogen) atoms. The molecule has 0 aromatic carbocycles. The van der Waals surface area contributed by atoms with Gasteiger partial charge in [0.15, 0.2) is 4.96 Å². The molecule has 1 saturated carbocycles. The van der Waals surface area contributed by atoms with Gasteiger partial charge >= 0.3 is 0 Å². The fraction of sp³-hybridized carbons (Fsp3) is 0.684. The molecule has 6 heteroatoms. The van der Waals surface area contributed by atoms with E-state index >= 15 is 0 Å². The summed E-state index contributed by atoms with van der Waals surface area (Å²) in [6, 6.07) is 0.258. The molecule has 5 nitrogen and oxygen atoms in total. The first-order valence-corrected chi connectivity index (χ1v) is 10.5. The number of carbonyl (C=O) groups is 1. The molecule has 0 radical (unpaired) electrons. The normalized spacial score (nSPS) is 23.2. The summed E-state index contributed by atoms with van der Waals surface area (Å²) in [5, 5.41) is 5.25. The number of aromatic nitrogens is 2. The van der Waals surface area contributed by atoms with E-state index < -0.39 is 0 Å². The van der Waals surface area contributed by atoms with Crippen LogP contribution in [0, 0.1) is 12.8 Å². The van der Waals surface area contributed by atoms with E-state index in [1.165, 1.54) is 51.6 Å². The highest BCUT2D eigenvalue weighted by molar-refractivity contribution is 7.15. The van der Waals surface area contributed by atoms with Crippen LogP contribution in [0.5, 0.6) is 0 Å². The lowest BCUT2D eigenvalue weighted by molar-refractivity contribution is 0.0883. The third-order valence-electron chi connectivity index (χ3n) is 5.73. The quantitative estimate of drug-likeness (QED) is 0.908. The molecule has 1 atom stereocenters. The van der Waals surface area contributed by atoms with Gasteiger partial charge in [0.1, 0.15) is 5.69 Å². The van der Waals surface area contributed by atoms with Crippen molar-refractivity contribution in [3.8, 4) is 0 Å². The van der Waals surface area contributed by atoms with Crippen LogP contribution in [0.2, 0.25) is 0 Å². The van der Waals surface area contributed by atoms with E-state index in [1.807, 2.05) is 22.9 Å². The molecule has 2 aliphatic rings. The number of carbonyl (C=O) groups excluding carboxylic acids is 1. The highest BCUT2D eigenvalue weighted by Gasteiger charge is 2.26. The highest BCUT2D eigenvalue weighted by Crippen LogP contribution is 2.25. The van der Waals surface area contributed by atoms with Gasteiger partial charge in [-0.1, -0.05) is 19.3 Å². The van der Waals surface area contributed by atoms with Gasteiger partial charge in [0.25, 0.3) is 5.91 Å². The predicted molar refractivity (Wildman–Crippen MR) is 101 cm³/mol. The average molecular weight is 361 g/mol. The van der Waals surface area contributed by atoms with Crippen LogP contribution in [0.15, 0.2) is 11.6 Å². The molecule has 0 unspecified atom stereocenters. The maximum atomic E-state index is 12.8. The van der Waals surface area contributed by atoms with Crippen molar-refractivity contribution in [2.45, 2.75) is 57.9 Å². The number of hydrogen-bond acceptors (Lipinski definition) is 4. The van der Waals surface area contributed by atoms with Crippen molar-refractivity contribution < 1.29 is 4.79 Å². The topological polar surface area (TPSA) is 49.6 Å². The largest absolute Gasteiger partial charge is 0.347 e. The predicted octanol–water partition coefficient (Wildman–Crippen LogP) is 3.48. The molecule has 1 aliphatic heterocycles. The average Bonchev–Trinajstić information content (AvgIpc) is 3.15. The fourth-order valence-corrected chi connectivity index (χ4v) is 5.25. The molecule has 2 aromatic heterocycles. The summed E-state index contributed by atoms with van der Waals surface area (Å²) in [6.45, 7) is 5.31. The third kappa shape index (κ3) is 3.75. The minimum Gasteiger partial charge on any atom is -0.347 e. The first-order chi connectivity index (χ1) is 12.2. The van der Waals surface area contributed by atoms with Crippen LogP contribution < -0.4 is 5.32 Å². The lowest BCUT2D eigenvalue weighted by Gasteiger charge is -2.36. The van der Waals surface area contributed by atoms with Crippen molar-refractivity contribution in [3.05, 3.63) is 23.0 Å². The standard InChI is InChI=1S/C19H28N4OS/c1-14-17(23-10-11-25-19(23)20-14)18(24)21-16-8-5-9-22(13-16)12-15-6-3-2-4-7-15/h10-11,15-16H,2-9,12-13H2,1H3,(H,21,24)/t16-/m1/s1. The molecule has 1 saturated heterocycles. The van der Waals surface area contributed by atoms with E-state index in [9.17, 15) is 4.79 Å². The van der Waals surface area contributed by atoms with Gasteiger partial charge in [-0.25, -0.2) is 4.98 Å². The Labute approximate surface area is 153 Å². The summed E-state index contributed by atoms with van der Waals surface area (Å²) >= 11 is 1.57. The van der Waals surface area contributed by atoms with Crippen LogP contribution in [0.3, 0.4) is 0 Å². The van der Waals surface area contributed by atoms with Crippen molar-refractivity contribution in [2.75, 3.05) is 19.6 Å². The van der Waals surface area contributed by atoms with Gasteiger partial charge in [0.2, 0.25) is 0 Å². The van der Waals surface area contributed by atoms with Gasteiger partial charge in [-0.2, -0.15) is 0 Å². The second-order valence-corrected chi connectivity index (χ2v) is 8.55. The number of thiazole rings is 1. The Hall–Kier alpha value is -1.40. The van der Waals surface area contributed by atoms with E-state index in [0.717, 1.165) is 29.5 Å². The summed E-state index contributed by atoms with van der Waals surface area (Å²) < 4.78 is 1.91. The Balaban J connectivity index is 1.37. The smallest absolute Gasteiger partial charge is 0.270 e. The van der Waals surface area contributed by atoms with E-state index in [0.29, 0.717) is 5.69 Å². The molecule has 0 bridgehead atoms. The zero-order valence-corrected chi connectivity index (χ0v) is 15.9. The molecule has 3 heterocycles. The Morgan fingerprint density at radius 1 is 1.28 bits per heavy atom. The molecular formula is C19H28N4OS. The molecule has 1 amide bonds. The molecular weight excluding hydrogens is 332 g/mol. The Bertz CT molecular complexity index is 731. The van der Waals surface area contributed by atoms with Crippen LogP contribution in [-0.4, -0.2) is 45.9 Å². The third-order valence-corrected chi connectivity index (χ3v) is 6.49. The number of piperidine rings is 1. The van der Waals surface area contributed by atoms with Gasteiger partial charge < -0.3 is 10.2 Å². The fourth-order valence-electron chi connectivity index (χ4n) is 4.50. The SMILES string of the molecule is Cc1nc2sccn2c1C(=O)N[C@@H]1CCCN(CC2CCCCC2)C1. The van der Waals surface area contributed by atoms with E-state index in [1.54, 1.807) is 11.3 Å². The minimum atomic E-state index is 0.0212. The Kier molecular flexibility index (Phi) is 5.08. The van der Waals surface area contributed by atoms with Gasteiger partial charge in [0.05, 0.1) is 5.69 Å². The number of imidazole rings is 1. The van der Waals surface area contributed by atoms with Gasteiger partial charge in [-0.15, -0.1) is 11.3 Å². The Morgan fingerprint density at radius 3 is 2.96 bits per heavy atom. The van der Waals surface area contributed by atoms with E-state index in [-0.39, 0.29) is 11.9 Å². The zero-order valence-electron chi connectivity index (χ0n) is 15.0. The molecule has 2 fully saturated rings. The van der Waals surface area contributed by atoms with E-state index in [2.05, 4.69) is 15.2 Å². The molecule has 1 aliphatic carbocycles. The Morgan fingerprint density at radius 2 is 2.12 bits per heavy atom. The molecule has 1 N–H and O–H groups in total. The summed E-state index contributed by atoms with van der Waals surface area (Å²) in [4.78, 5) is 20.8. The van der Waals surface area contributed by atoms with Crippen molar-refractivity contribution in [1.29, 1.82) is 0 Å². The second-order valence-electron chi connectivity index (χ2n) is 7.68. The van der Waals surface area contributed by atoms with Crippen molar-refractivity contribution in [1.82, 2.24) is 19.6 Å². The van der Waals surface area contributed by atoms with E-state index in [4.69, 9.17) is 0 Å². The van der Waals surface area contributed by atoms with Crippen LogP contribution in [-0.2, 0) is 0 Å². The van der Waals surface area contributed by atoms with Crippen molar-refractivity contribution in [3.63, 3.8) is 0 Å². The maximum Gasteiger partial charge on any atom is 0.270 e. The number of likely N-dealkylation sites (tertiary alicyclic amines) is 1. The van der Waals surface area contributed by atoms with Gasteiger partial charge in [-0.3, -0.25) is 9.20 Å².